The maximum Gasteiger partial charge on any atom is 0.228 e. The van der Waals surface area contributed by atoms with Gasteiger partial charge >= 0.3 is 0 Å². The van der Waals surface area contributed by atoms with Crippen molar-refractivity contribution in [2.45, 2.75) is 44.4 Å². The number of nitrogens with zero attached hydrogens (tertiary/aromatic N) is 2. The quantitative estimate of drug-likeness (QED) is 0.453. The molecular formula is C27H29N2+. The van der Waals surface area contributed by atoms with Gasteiger partial charge in [-0.3, -0.25) is 4.90 Å². The lowest BCUT2D eigenvalue weighted by molar-refractivity contribution is -0.434. The van der Waals surface area contributed by atoms with Crippen molar-refractivity contribution in [3.05, 3.63) is 90.0 Å². The van der Waals surface area contributed by atoms with E-state index in [4.69, 9.17) is 0 Å². The maximum absolute atomic E-state index is 2.51. The molecule has 0 unspecified atom stereocenters. The molecule has 2 aliphatic rings. The molecule has 1 aliphatic carbocycles. The minimum atomic E-state index is 0.263. The van der Waals surface area contributed by atoms with Gasteiger partial charge in [0.1, 0.15) is 0 Å². The van der Waals surface area contributed by atoms with Gasteiger partial charge in [0.2, 0.25) is 12.4 Å². The largest absolute Gasteiger partial charge is 0.285 e. The third kappa shape index (κ3) is 3.37. The van der Waals surface area contributed by atoms with Gasteiger partial charge in [-0.25, -0.2) is 0 Å². The van der Waals surface area contributed by atoms with Crippen molar-refractivity contribution in [1.29, 1.82) is 0 Å². The van der Waals surface area contributed by atoms with Crippen LogP contribution in [0.3, 0.4) is 0 Å². The van der Waals surface area contributed by atoms with Crippen molar-refractivity contribution in [2.24, 2.45) is 0 Å². The van der Waals surface area contributed by atoms with E-state index in [0.29, 0.717) is 0 Å². The first-order valence-corrected chi connectivity index (χ1v) is 10.9. The van der Waals surface area contributed by atoms with E-state index in [2.05, 4.69) is 101 Å². The molecule has 146 valence electrons. The van der Waals surface area contributed by atoms with Crippen molar-refractivity contribution >= 4 is 23.3 Å². The average Bonchev–Trinajstić information content (AvgIpc) is 2.79. The van der Waals surface area contributed by atoms with Gasteiger partial charge in [0, 0.05) is 17.8 Å². The molecule has 0 bridgehead atoms. The van der Waals surface area contributed by atoms with Crippen LogP contribution < -0.4 is 4.90 Å². The second-order valence-electron chi connectivity index (χ2n) is 8.70. The summed E-state index contributed by atoms with van der Waals surface area (Å²) in [5, 5.41) is 0. The van der Waals surface area contributed by atoms with Gasteiger partial charge in [0.05, 0.1) is 11.3 Å². The van der Waals surface area contributed by atoms with Crippen LogP contribution in [0.25, 0.3) is 0 Å². The van der Waals surface area contributed by atoms with Crippen molar-refractivity contribution < 1.29 is 4.58 Å². The van der Waals surface area contributed by atoms with Crippen molar-refractivity contribution in [3.8, 4) is 0 Å². The zero-order valence-electron chi connectivity index (χ0n) is 17.2. The summed E-state index contributed by atoms with van der Waals surface area (Å²) < 4.78 is 2.36. The molecule has 1 heterocycles. The fourth-order valence-electron chi connectivity index (χ4n) is 5.08. The van der Waals surface area contributed by atoms with Crippen LogP contribution in [0.5, 0.6) is 0 Å². The van der Waals surface area contributed by atoms with E-state index in [-0.39, 0.29) is 5.41 Å². The van der Waals surface area contributed by atoms with Crippen LogP contribution in [-0.4, -0.2) is 17.5 Å². The van der Waals surface area contributed by atoms with Gasteiger partial charge in [-0.2, -0.15) is 4.58 Å². The summed E-state index contributed by atoms with van der Waals surface area (Å²) in [6, 6.07) is 28.5. The zero-order valence-corrected chi connectivity index (χ0v) is 17.2. The van der Waals surface area contributed by atoms with Gasteiger partial charge < -0.3 is 0 Å². The van der Waals surface area contributed by atoms with Crippen LogP contribution in [0, 0.1) is 0 Å². The van der Waals surface area contributed by atoms with E-state index < -0.39 is 0 Å². The lowest BCUT2D eigenvalue weighted by Gasteiger charge is -2.39. The van der Waals surface area contributed by atoms with Crippen molar-refractivity contribution in [3.63, 3.8) is 0 Å². The molecule has 0 atom stereocenters. The Labute approximate surface area is 174 Å². The number of benzene rings is 3. The fourth-order valence-corrected chi connectivity index (χ4v) is 5.08. The Bertz CT molecular complexity index is 1010. The molecule has 2 heteroatoms. The molecule has 3 aromatic carbocycles. The lowest BCUT2D eigenvalue weighted by Crippen LogP contribution is -2.36. The molecule has 1 saturated carbocycles. The Hall–Kier alpha value is -2.87. The number of hydrogen-bond acceptors (Lipinski definition) is 1. The van der Waals surface area contributed by atoms with Gasteiger partial charge in [-0.15, -0.1) is 0 Å². The first-order chi connectivity index (χ1) is 14.2. The summed E-state index contributed by atoms with van der Waals surface area (Å²) >= 11 is 0. The molecule has 0 radical (unpaired) electrons. The van der Waals surface area contributed by atoms with Gasteiger partial charge in [-0.1, -0.05) is 74.7 Å². The van der Waals surface area contributed by atoms with E-state index in [1.54, 1.807) is 0 Å². The first kappa shape index (κ1) is 18.2. The van der Waals surface area contributed by atoms with Gasteiger partial charge in [0.15, 0.2) is 6.21 Å². The van der Waals surface area contributed by atoms with Gasteiger partial charge in [-0.05, 0) is 42.0 Å². The Morgan fingerprint density at radius 3 is 2.17 bits per heavy atom. The molecular weight excluding hydrogens is 352 g/mol. The van der Waals surface area contributed by atoms with Crippen LogP contribution in [0.4, 0.5) is 17.1 Å². The molecule has 2 nitrogen and oxygen atoms in total. The van der Waals surface area contributed by atoms with E-state index >= 15 is 0 Å². The molecule has 0 spiro atoms. The molecule has 1 fully saturated rings. The SMILES string of the molecule is CC1(c2cccc3c2N(c2ccccc2)C[N+](c2ccccc2)=C3)CCCCC1. The molecule has 1 aliphatic heterocycles. The predicted octanol–water partition coefficient (Wildman–Crippen LogP) is 6.78. The molecule has 0 N–H and O–H groups in total. The minimum absolute atomic E-state index is 0.263. The molecule has 0 amide bonds. The molecule has 5 rings (SSSR count). The van der Waals surface area contributed by atoms with Crippen LogP contribution in [0.15, 0.2) is 78.9 Å². The standard InChI is InChI=1S/C27H29N2/c1-27(18-9-4-10-19-27)25-17-11-12-22-20-28(23-13-5-2-6-14-23)21-29(26(22)25)24-15-7-3-8-16-24/h2-3,5-8,11-17,20H,4,9-10,18-19,21H2,1H3/q+1. The maximum atomic E-state index is 2.51. The summed E-state index contributed by atoms with van der Waals surface area (Å²) in [6.07, 6.45) is 8.96. The number of para-hydroxylation sites is 3. The van der Waals surface area contributed by atoms with Crippen LogP contribution in [0.1, 0.15) is 50.2 Å². The average molecular weight is 382 g/mol. The second kappa shape index (κ2) is 7.51. The molecule has 0 saturated heterocycles. The number of rotatable bonds is 3. The van der Waals surface area contributed by atoms with Gasteiger partial charge in [0.25, 0.3) is 0 Å². The highest BCUT2D eigenvalue weighted by atomic mass is 15.3. The topological polar surface area (TPSA) is 6.25 Å². The van der Waals surface area contributed by atoms with E-state index in [1.165, 1.54) is 60.3 Å². The minimum Gasteiger partial charge on any atom is -0.285 e. The Kier molecular flexibility index (Phi) is 4.71. The van der Waals surface area contributed by atoms with E-state index in [0.717, 1.165) is 6.67 Å². The fraction of sp³-hybridized carbons (Fsp3) is 0.296. The first-order valence-electron chi connectivity index (χ1n) is 10.9. The number of hydrogen-bond donors (Lipinski definition) is 0. The van der Waals surface area contributed by atoms with Crippen molar-refractivity contribution in [1.82, 2.24) is 0 Å². The monoisotopic (exact) mass is 381 g/mol. The smallest absolute Gasteiger partial charge is 0.228 e. The highest BCUT2D eigenvalue weighted by Crippen LogP contribution is 2.46. The summed E-state index contributed by atoms with van der Waals surface area (Å²) in [5.41, 5.74) is 6.98. The van der Waals surface area contributed by atoms with Crippen LogP contribution >= 0.6 is 0 Å². The third-order valence-corrected chi connectivity index (χ3v) is 6.69. The molecule has 3 aromatic rings. The van der Waals surface area contributed by atoms with Crippen LogP contribution in [0.2, 0.25) is 0 Å². The second-order valence-corrected chi connectivity index (χ2v) is 8.70. The van der Waals surface area contributed by atoms with Crippen molar-refractivity contribution in [2.75, 3.05) is 11.6 Å². The van der Waals surface area contributed by atoms with E-state index in [9.17, 15) is 0 Å². The number of anilines is 2. The number of fused-ring (bicyclic) bond motifs is 1. The Morgan fingerprint density at radius 2 is 1.45 bits per heavy atom. The van der Waals surface area contributed by atoms with Crippen LogP contribution in [-0.2, 0) is 5.41 Å². The third-order valence-electron chi connectivity index (χ3n) is 6.69. The highest BCUT2D eigenvalue weighted by Gasteiger charge is 2.36. The summed E-state index contributed by atoms with van der Waals surface area (Å²) in [7, 11) is 0. The highest BCUT2D eigenvalue weighted by molar-refractivity contribution is 5.91. The summed E-state index contributed by atoms with van der Waals surface area (Å²) in [4.78, 5) is 2.51. The molecule has 29 heavy (non-hydrogen) atoms. The molecule has 0 aromatic heterocycles. The predicted molar refractivity (Wildman–Crippen MR) is 122 cm³/mol. The summed E-state index contributed by atoms with van der Waals surface area (Å²) in [6.45, 7) is 3.31. The Morgan fingerprint density at radius 1 is 0.759 bits per heavy atom. The Balaban J connectivity index is 1.69. The normalized spacial score (nSPS) is 18.1. The van der Waals surface area contributed by atoms with E-state index in [1.807, 2.05) is 0 Å². The lowest BCUT2D eigenvalue weighted by atomic mass is 9.70. The zero-order chi connectivity index (χ0) is 19.7. The summed E-state index contributed by atoms with van der Waals surface area (Å²) in [5.74, 6) is 0.